The van der Waals surface area contributed by atoms with Gasteiger partial charge in [0.15, 0.2) is 0 Å². The zero-order valence-electron chi connectivity index (χ0n) is 10.3. The van der Waals surface area contributed by atoms with Gasteiger partial charge in [-0.1, -0.05) is 0 Å². The number of fused-ring (bicyclic) bond motifs is 1. The van der Waals surface area contributed by atoms with E-state index in [0.717, 1.165) is 18.7 Å². The minimum atomic E-state index is -0.896. The lowest BCUT2D eigenvalue weighted by Gasteiger charge is -2.29. The predicted molar refractivity (Wildman–Crippen MR) is 67.6 cm³/mol. The van der Waals surface area contributed by atoms with Crippen molar-refractivity contribution in [2.45, 2.75) is 18.8 Å². The van der Waals surface area contributed by atoms with Crippen molar-refractivity contribution in [3.63, 3.8) is 0 Å². The Morgan fingerprint density at radius 2 is 2.37 bits per heavy atom. The third-order valence-corrected chi connectivity index (χ3v) is 3.54. The highest BCUT2D eigenvalue weighted by Crippen LogP contribution is 2.26. The molecule has 1 aromatic carbocycles. The first-order chi connectivity index (χ1) is 9.13. The van der Waals surface area contributed by atoms with Crippen LogP contribution in [0.4, 0.5) is 9.18 Å². The zero-order valence-corrected chi connectivity index (χ0v) is 10.3. The van der Waals surface area contributed by atoms with Crippen LogP contribution in [-0.4, -0.2) is 39.2 Å². The van der Waals surface area contributed by atoms with Crippen LogP contribution >= 0.6 is 0 Å². The number of amides is 1. The lowest BCUT2D eigenvalue weighted by Crippen LogP contribution is -2.38. The number of aromatic amines is 1. The van der Waals surface area contributed by atoms with Crippen LogP contribution < -0.4 is 0 Å². The molecule has 1 aromatic heterocycles. The van der Waals surface area contributed by atoms with Crippen molar-refractivity contribution < 1.29 is 14.3 Å². The molecule has 1 atom stereocenters. The summed E-state index contributed by atoms with van der Waals surface area (Å²) in [5.74, 6) is 0.491. The van der Waals surface area contributed by atoms with Crippen LogP contribution in [0.2, 0.25) is 0 Å². The van der Waals surface area contributed by atoms with Crippen molar-refractivity contribution in [2.75, 3.05) is 13.1 Å². The quantitative estimate of drug-likeness (QED) is 0.830. The molecule has 5 nitrogen and oxygen atoms in total. The van der Waals surface area contributed by atoms with Gasteiger partial charge in [0.1, 0.15) is 11.6 Å². The number of imidazole rings is 1. The van der Waals surface area contributed by atoms with Crippen LogP contribution in [0.15, 0.2) is 18.2 Å². The molecule has 6 heteroatoms. The van der Waals surface area contributed by atoms with E-state index >= 15 is 0 Å². The molecule has 1 fully saturated rings. The number of hydrogen-bond donors (Lipinski definition) is 2. The molecule has 1 unspecified atom stereocenters. The van der Waals surface area contributed by atoms with Gasteiger partial charge in [-0.15, -0.1) is 0 Å². The second kappa shape index (κ2) is 4.53. The molecule has 1 saturated heterocycles. The number of aromatic nitrogens is 2. The molecule has 2 N–H and O–H groups in total. The molecule has 1 aliphatic heterocycles. The highest BCUT2D eigenvalue weighted by molar-refractivity contribution is 5.75. The molecule has 0 radical (unpaired) electrons. The number of nitrogens with one attached hydrogen (secondary N) is 1. The molecule has 0 aliphatic carbocycles. The molecule has 2 heterocycles. The van der Waals surface area contributed by atoms with Crippen LogP contribution in [0.25, 0.3) is 11.0 Å². The smallest absolute Gasteiger partial charge is 0.407 e. The monoisotopic (exact) mass is 263 g/mol. The summed E-state index contributed by atoms with van der Waals surface area (Å²) in [7, 11) is 0. The Hall–Kier alpha value is -2.11. The Bertz CT molecular complexity index is 625. The van der Waals surface area contributed by atoms with E-state index in [1.165, 1.54) is 17.0 Å². The number of hydrogen-bond acceptors (Lipinski definition) is 2. The predicted octanol–water partition coefficient (Wildman–Crippen LogP) is 2.56. The maximum Gasteiger partial charge on any atom is 0.407 e. The van der Waals surface area contributed by atoms with E-state index in [1.54, 1.807) is 6.07 Å². The number of carbonyl (C=O) groups is 1. The number of H-pyrrole nitrogens is 1. The molecule has 100 valence electrons. The highest BCUT2D eigenvalue weighted by atomic mass is 19.1. The van der Waals surface area contributed by atoms with Crippen molar-refractivity contribution in [1.82, 2.24) is 14.9 Å². The SMILES string of the molecule is O=C(O)N1CCCC(c2nc3ccc(F)cc3[nH]2)C1. The van der Waals surface area contributed by atoms with E-state index in [4.69, 9.17) is 5.11 Å². The van der Waals surface area contributed by atoms with Gasteiger partial charge in [0.2, 0.25) is 0 Å². The molecular weight excluding hydrogens is 249 g/mol. The molecule has 0 spiro atoms. The first-order valence-electron chi connectivity index (χ1n) is 6.26. The first-order valence-corrected chi connectivity index (χ1v) is 6.26. The first kappa shape index (κ1) is 12.0. The minimum Gasteiger partial charge on any atom is -0.465 e. The number of halogens is 1. The maximum atomic E-state index is 13.1. The van der Waals surface area contributed by atoms with E-state index in [1.807, 2.05) is 0 Å². The lowest BCUT2D eigenvalue weighted by molar-refractivity contribution is 0.129. The van der Waals surface area contributed by atoms with Gasteiger partial charge < -0.3 is 15.0 Å². The summed E-state index contributed by atoms with van der Waals surface area (Å²) >= 11 is 0. The fraction of sp³-hybridized carbons (Fsp3) is 0.385. The minimum absolute atomic E-state index is 0.0558. The Morgan fingerprint density at radius 1 is 1.53 bits per heavy atom. The molecule has 3 rings (SSSR count). The summed E-state index contributed by atoms with van der Waals surface area (Å²) < 4.78 is 13.1. The van der Waals surface area contributed by atoms with Gasteiger partial charge in [-0.2, -0.15) is 0 Å². The number of rotatable bonds is 1. The van der Waals surface area contributed by atoms with Crippen molar-refractivity contribution in [2.24, 2.45) is 0 Å². The van der Waals surface area contributed by atoms with Gasteiger partial charge in [0, 0.05) is 19.0 Å². The standard InChI is InChI=1S/C13H14FN3O2/c14-9-3-4-10-11(6-9)16-12(15-10)8-2-1-5-17(7-8)13(18)19/h3-4,6,8H,1-2,5,7H2,(H,15,16)(H,18,19). The molecule has 0 saturated carbocycles. The largest absolute Gasteiger partial charge is 0.465 e. The van der Waals surface area contributed by atoms with Gasteiger partial charge in [0.25, 0.3) is 0 Å². The van der Waals surface area contributed by atoms with Gasteiger partial charge in [-0.3, -0.25) is 0 Å². The van der Waals surface area contributed by atoms with E-state index < -0.39 is 6.09 Å². The summed E-state index contributed by atoms with van der Waals surface area (Å²) in [5.41, 5.74) is 1.37. The van der Waals surface area contributed by atoms with Crippen LogP contribution in [0.3, 0.4) is 0 Å². The average molecular weight is 263 g/mol. The van der Waals surface area contributed by atoms with Crippen LogP contribution in [0, 0.1) is 5.82 Å². The average Bonchev–Trinajstić information content (AvgIpc) is 2.81. The molecule has 2 aromatic rings. The van der Waals surface area contributed by atoms with Crippen LogP contribution in [0.5, 0.6) is 0 Å². The molecule has 1 amide bonds. The van der Waals surface area contributed by atoms with Gasteiger partial charge in [0.05, 0.1) is 11.0 Å². The van der Waals surface area contributed by atoms with Crippen molar-refractivity contribution in [3.05, 3.63) is 29.8 Å². The fourth-order valence-electron chi connectivity index (χ4n) is 2.57. The van der Waals surface area contributed by atoms with Gasteiger partial charge in [-0.05, 0) is 31.0 Å². The number of piperidine rings is 1. The van der Waals surface area contributed by atoms with Crippen LogP contribution in [-0.2, 0) is 0 Å². The number of benzene rings is 1. The molecule has 19 heavy (non-hydrogen) atoms. The Kier molecular flexibility index (Phi) is 2.85. The molecule has 0 bridgehead atoms. The Labute approximate surface area is 109 Å². The molecular formula is C13H14FN3O2. The highest BCUT2D eigenvalue weighted by Gasteiger charge is 2.26. The maximum absolute atomic E-state index is 13.1. The second-order valence-corrected chi connectivity index (χ2v) is 4.85. The van der Waals surface area contributed by atoms with E-state index in [9.17, 15) is 9.18 Å². The van der Waals surface area contributed by atoms with Crippen molar-refractivity contribution in [3.8, 4) is 0 Å². The Morgan fingerprint density at radius 3 is 3.16 bits per heavy atom. The number of nitrogens with zero attached hydrogens (tertiary/aromatic N) is 2. The normalized spacial score (nSPS) is 19.8. The summed E-state index contributed by atoms with van der Waals surface area (Å²) in [6.45, 7) is 1.01. The van der Waals surface area contributed by atoms with E-state index in [2.05, 4.69) is 9.97 Å². The van der Waals surface area contributed by atoms with Gasteiger partial charge in [-0.25, -0.2) is 14.2 Å². The topological polar surface area (TPSA) is 69.2 Å². The summed E-state index contributed by atoms with van der Waals surface area (Å²) in [4.78, 5) is 19.9. The lowest BCUT2D eigenvalue weighted by atomic mass is 9.98. The van der Waals surface area contributed by atoms with E-state index in [-0.39, 0.29) is 11.7 Å². The third-order valence-electron chi connectivity index (χ3n) is 3.54. The van der Waals surface area contributed by atoms with Crippen molar-refractivity contribution >= 4 is 17.1 Å². The third kappa shape index (κ3) is 2.25. The summed E-state index contributed by atoms with van der Waals surface area (Å²) in [5, 5.41) is 9.02. The van der Waals surface area contributed by atoms with E-state index in [0.29, 0.717) is 24.1 Å². The zero-order chi connectivity index (χ0) is 13.4. The fourth-order valence-corrected chi connectivity index (χ4v) is 2.57. The summed E-state index contributed by atoms with van der Waals surface area (Å²) in [6.07, 6.45) is 0.820. The summed E-state index contributed by atoms with van der Waals surface area (Å²) in [6, 6.07) is 4.41. The van der Waals surface area contributed by atoms with Gasteiger partial charge >= 0.3 is 6.09 Å². The number of carboxylic acid groups (broad SMARTS) is 1. The van der Waals surface area contributed by atoms with Crippen LogP contribution in [0.1, 0.15) is 24.6 Å². The second-order valence-electron chi connectivity index (χ2n) is 4.85. The number of likely N-dealkylation sites (tertiary alicyclic amines) is 1. The van der Waals surface area contributed by atoms with Crippen molar-refractivity contribution in [1.29, 1.82) is 0 Å². The molecule has 1 aliphatic rings. The Balaban J connectivity index is 1.89.